The molecule has 22 heavy (non-hydrogen) atoms. The molecule has 1 atom stereocenters. The summed E-state index contributed by atoms with van der Waals surface area (Å²) in [5.41, 5.74) is 0.771. The number of aromatic nitrogens is 2. The normalized spacial score (nSPS) is 22.3. The Morgan fingerprint density at radius 1 is 1.23 bits per heavy atom. The minimum atomic E-state index is -0.705. The molecule has 1 saturated heterocycles. The summed E-state index contributed by atoms with van der Waals surface area (Å²) in [6.07, 6.45) is 8.73. The quantitative estimate of drug-likeness (QED) is 0.923. The number of hydrogen-bond acceptors (Lipinski definition) is 5. The molecule has 1 aliphatic carbocycles. The SMILES string of the molecule is CC(C)(O)[C@H]1CCCN1c1ncnc2sc3c(c12)CCCC3. The molecule has 2 aromatic rings. The van der Waals surface area contributed by atoms with Crippen LogP contribution in [0.3, 0.4) is 0 Å². The number of hydrogen-bond donors (Lipinski definition) is 1. The molecule has 0 saturated carbocycles. The molecule has 2 aliphatic rings. The molecule has 4 nitrogen and oxygen atoms in total. The first-order valence-electron chi connectivity index (χ1n) is 8.30. The molecule has 0 unspecified atom stereocenters. The van der Waals surface area contributed by atoms with Crippen LogP contribution in [-0.2, 0) is 12.8 Å². The van der Waals surface area contributed by atoms with Crippen molar-refractivity contribution in [3.05, 3.63) is 16.8 Å². The van der Waals surface area contributed by atoms with Crippen molar-refractivity contribution >= 4 is 27.4 Å². The van der Waals surface area contributed by atoms with Gasteiger partial charge in [0.15, 0.2) is 0 Å². The fraction of sp³-hybridized carbons (Fsp3) is 0.647. The van der Waals surface area contributed by atoms with E-state index < -0.39 is 5.60 Å². The van der Waals surface area contributed by atoms with Crippen LogP contribution in [0.4, 0.5) is 5.82 Å². The van der Waals surface area contributed by atoms with E-state index in [1.165, 1.54) is 35.1 Å². The zero-order valence-corrected chi connectivity index (χ0v) is 14.1. The monoisotopic (exact) mass is 317 g/mol. The smallest absolute Gasteiger partial charge is 0.141 e. The molecule has 3 heterocycles. The molecule has 2 aromatic heterocycles. The lowest BCUT2D eigenvalue weighted by molar-refractivity contribution is 0.0533. The summed E-state index contributed by atoms with van der Waals surface area (Å²) in [6, 6.07) is 0.143. The van der Waals surface area contributed by atoms with Crippen LogP contribution >= 0.6 is 11.3 Å². The third-order valence-corrected chi connectivity index (χ3v) is 6.27. The van der Waals surface area contributed by atoms with Crippen LogP contribution in [-0.4, -0.2) is 33.3 Å². The molecule has 0 spiro atoms. The lowest BCUT2D eigenvalue weighted by Gasteiger charge is -2.35. The van der Waals surface area contributed by atoms with Gasteiger partial charge in [0.2, 0.25) is 0 Å². The summed E-state index contributed by atoms with van der Waals surface area (Å²) >= 11 is 1.84. The van der Waals surface area contributed by atoms with Gasteiger partial charge < -0.3 is 10.0 Å². The third kappa shape index (κ3) is 2.22. The molecule has 1 N–H and O–H groups in total. The van der Waals surface area contributed by atoms with Crippen LogP contribution in [0.15, 0.2) is 6.33 Å². The lowest BCUT2D eigenvalue weighted by atomic mass is 9.95. The zero-order chi connectivity index (χ0) is 15.3. The maximum absolute atomic E-state index is 10.5. The highest BCUT2D eigenvalue weighted by molar-refractivity contribution is 7.19. The Kier molecular flexibility index (Phi) is 3.38. The number of rotatable bonds is 2. The van der Waals surface area contributed by atoms with E-state index in [1.54, 1.807) is 6.33 Å². The van der Waals surface area contributed by atoms with E-state index in [9.17, 15) is 5.11 Å². The Labute approximate surface area is 135 Å². The van der Waals surface area contributed by atoms with Crippen LogP contribution in [0.25, 0.3) is 10.2 Å². The molecule has 0 radical (unpaired) electrons. The zero-order valence-electron chi connectivity index (χ0n) is 13.3. The largest absolute Gasteiger partial charge is 0.388 e. The fourth-order valence-corrected chi connectivity index (χ4v) is 5.27. The highest BCUT2D eigenvalue weighted by Gasteiger charge is 2.38. The molecule has 5 heteroatoms. The molecule has 0 bridgehead atoms. The van der Waals surface area contributed by atoms with E-state index in [0.29, 0.717) is 0 Å². The molecule has 4 rings (SSSR count). The first-order chi connectivity index (χ1) is 10.6. The summed E-state index contributed by atoms with van der Waals surface area (Å²) in [7, 11) is 0. The van der Waals surface area contributed by atoms with Gasteiger partial charge in [-0.05, 0) is 57.9 Å². The van der Waals surface area contributed by atoms with Crippen molar-refractivity contribution in [1.29, 1.82) is 0 Å². The average molecular weight is 317 g/mol. The molecule has 118 valence electrons. The maximum atomic E-state index is 10.5. The molecule has 1 aliphatic heterocycles. The maximum Gasteiger partial charge on any atom is 0.141 e. The minimum Gasteiger partial charge on any atom is -0.388 e. The number of aryl methyl sites for hydroxylation is 2. The number of nitrogens with zero attached hydrogens (tertiary/aromatic N) is 3. The van der Waals surface area contributed by atoms with E-state index in [2.05, 4.69) is 14.9 Å². The van der Waals surface area contributed by atoms with Crippen molar-refractivity contribution in [1.82, 2.24) is 9.97 Å². The summed E-state index contributed by atoms with van der Waals surface area (Å²) in [5, 5.41) is 11.8. The first kappa shape index (κ1) is 14.4. The summed E-state index contributed by atoms with van der Waals surface area (Å²) in [5.74, 6) is 1.05. The van der Waals surface area contributed by atoms with Crippen molar-refractivity contribution in [3.63, 3.8) is 0 Å². The van der Waals surface area contributed by atoms with Gasteiger partial charge in [-0.15, -0.1) is 11.3 Å². The average Bonchev–Trinajstić information content (AvgIpc) is 3.11. The van der Waals surface area contributed by atoms with Gasteiger partial charge in [-0.2, -0.15) is 0 Å². The van der Waals surface area contributed by atoms with Gasteiger partial charge in [-0.3, -0.25) is 0 Å². The molecular weight excluding hydrogens is 294 g/mol. The van der Waals surface area contributed by atoms with Crippen LogP contribution < -0.4 is 4.90 Å². The van der Waals surface area contributed by atoms with E-state index >= 15 is 0 Å². The predicted octanol–water partition coefficient (Wildman–Crippen LogP) is 3.31. The standard InChI is InChI=1S/C17H23N3OS/c1-17(2,21)13-8-5-9-20(13)15-14-11-6-3-4-7-12(11)22-16(14)19-10-18-15/h10,13,21H,3-9H2,1-2H3/t13-/m1/s1. The summed E-state index contributed by atoms with van der Waals surface area (Å²) in [6.45, 7) is 4.81. The predicted molar refractivity (Wildman–Crippen MR) is 90.7 cm³/mol. The Hall–Kier alpha value is -1.20. The van der Waals surface area contributed by atoms with Crippen LogP contribution in [0.2, 0.25) is 0 Å². The fourth-order valence-electron chi connectivity index (χ4n) is 4.05. The second kappa shape index (κ2) is 5.17. The number of aliphatic hydroxyl groups is 1. The first-order valence-corrected chi connectivity index (χ1v) is 9.11. The number of fused-ring (bicyclic) bond motifs is 3. The lowest BCUT2D eigenvalue weighted by Crippen LogP contribution is -2.46. The third-order valence-electron chi connectivity index (χ3n) is 5.07. The van der Waals surface area contributed by atoms with Crippen molar-refractivity contribution in [2.24, 2.45) is 0 Å². The number of anilines is 1. The van der Waals surface area contributed by atoms with Crippen LogP contribution in [0.1, 0.15) is 50.0 Å². The molecule has 1 fully saturated rings. The topological polar surface area (TPSA) is 49.2 Å². The van der Waals surface area contributed by atoms with Gasteiger partial charge in [0.05, 0.1) is 17.0 Å². The van der Waals surface area contributed by atoms with Crippen molar-refractivity contribution in [2.75, 3.05) is 11.4 Å². The van der Waals surface area contributed by atoms with E-state index in [-0.39, 0.29) is 6.04 Å². The van der Waals surface area contributed by atoms with E-state index in [1.807, 2.05) is 25.2 Å². The minimum absolute atomic E-state index is 0.143. The van der Waals surface area contributed by atoms with Gasteiger partial charge in [0.1, 0.15) is 17.0 Å². The van der Waals surface area contributed by atoms with Gasteiger partial charge in [0.25, 0.3) is 0 Å². The second-order valence-corrected chi connectivity index (χ2v) is 8.18. The Morgan fingerprint density at radius 3 is 2.86 bits per heavy atom. The van der Waals surface area contributed by atoms with Gasteiger partial charge in [-0.1, -0.05) is 0 Å². The Bertz CT molecular complexity index is 704. The van der Waals surface area contributed by atoms with Crippen LogP contribution in [0, 0.1) is 0 Å². The van der Waals surface area contributed by atoms with Gasteiger partial charge in [-0.25, -0.2) is 9.97 Å². The highest BCUT2D eigenvalue weighted by atomic mass is 32.1. The van der Waals surface area contributed by atoms with Crippen LogP contribution in [0.5, 0.6) is 0 Å². The summed E-state index contributed by atoms with van der Waals surface area (Å²) < 4.78 is 0. The van der Waals surface area contributed by atoms with Gasteiger partial charge >= 0.3 is 0 Å². The van der Waals surface area contributed by atoms with Gasteiger partial charge in [0, 0.05) is 11.4 Å². The van der Waals surface area contributed by atoms with Crippen molar-refractivity contribution in [3.8, 4) is 0 Å². The van der Waals surface area contributed by atoms with Crippen molar-refractivity contribution in [2.45, 2.75) is 64.0 Å². The highest BCUT2D eigenvalue weighted by Crippen LogP contribution is 2.41. The Morgan fingerprint density at radius 2 is 2.05 bits per heavy atom. The summed E-state index contributed by atoms with van der Waals surface area (Å²) in [4.78, 5) is 14.1. The second-order valence-electron chi connectivity index (χ2n) is 7.09. The Balaban J connectivity index is 1.86. The molecule has 0 amide bonds. The molecule has 0 aromatic carbocycles. The van der Waals surface area contributed by atoms with E-state index in [4.69, 9.17) is 0 Å². The molecular formula is C17H23N3OS. The van der Waals surface area contributed by atoms with Crippen molar-refractivity contribution < 1.29 is 5.11 Å². The van der Waals surface area contributed by atoms with E-state index in [0.717, 1.165) is 36.5 Å². The number of thiophene rings is 1.